The highest BCUT2D eigenvalue weighted by Gasteiger charge is 2.47. The molecule has 1 aromatic carbocycles. The normalized spacial score (nSPS) is 17.3. The molecule has 0 spiro atoms. The molecular formula is C25H31N3O7. The molecule has 2 aromatic rings. The fourth-order valence-corrected chi connectivity index (χ4v) is 4.42. The van der Waals surface area contributed by atoms with Crippen LogP contribution < -0.4 is 9.47 Å². The van der Waals surface area contributed by atoms with Crippen LogP contribution in [0.25, 0.3) is 5.76 Å². The second kappa shape index (κ2) is 10.2. The predicted molar refractivity (Wildman–Crippen MR) is 129 cm³/mol. The van der Waals surface area contributed by atoms with Gasteiger partial charge < -0.3 is 34.1 Å². The third-order valence-electron chi connectivity index (χ3n) is 6.12. The van der Waals surface area contributed by atoms with Crippen LogP contribution in [0.5, 0.6) is 11.5 Å². The molecule has 1 atom stereocenters. The zero-order valence-corrected chi connectivity index (χ0v) is 21.0. The molecule has 0 aliphatic carbocycles. The van der Waals surface area contributed by atoms with Gasteiger partial charge in [0.1, 0.15) is 11.5 Å². The van der Waals surface area contributed by atoms with Crippen LogP contribution in [0.4, 0.5) is 0 Å². The first-order chi connectivity index (χ1) is 16.6. The van der Waals surface area contributed by atoms with Crippen LogP contribution in [0.1, 0.15) is 38.9 Å². The van der Waals surface area contributed by atoms with Crippen molar-refractivity contribution in [1.82, 2.24) is 14.8 Å². The van der Waals surface area contributed by atoms with Crippen molar-refractivity contribution in [3.63, 3.8) is 0 Å². The molecule has 0 saturated carbocycles. The lowest BCUT2D eigenvalue weighted by molar-refractivity contribution is -0.140. The molecule has 10 heteroatoms. The minimum absolute atomic E-state index is 0.0954. The minimum Gasteiger partial charge on any atom is -0.507 e. The maximum absolute atomic E-state index is 13.3. The summed E-state index contributed by atoms with van der Waals surface area (Å²) < 4.78 is 15.8. The Morgan fingerprint density at radius 3 is 2.40 bits per heavy atom. The van der Waals surface area contributed by atoms with Crippen LogP contribution in [0, 0.1) is 13.8 Å². The SMILES string of the molecule is COC(=O)c1[nH]c(C)c(/C(O)=C2\C(=O)C(=O)N(CCN(C)C)[C@H]2c2cccc(OC)c2OC)c1C. The summed E-state index contributed by atoms with van der Waals surface area (Å²) in [7, 11) is 7.93. The molecule has 1 aliphatic heterocycles. The van der Waals surface area contributed by atoms with E-state index in [-0.39, 0.29) is 29.1 Å². The van der Waals surface area contributed by atoms with Crippen molar-refractivity contribution in [2.24, 2.45) is 0 Å². The lowest BCUT2D eigenvalue weighted by atomic mass is 9.93. The molecule has 2 N–H and O–H groups in total. The number of nitrogens with one attached hydrogen (secondary N) is 1. The molecule has 1 saturated heterocycles. The van der Waals surface area contributed by atoms with Gasteiger partial charge >= 0.3 is 5.97 Å². The van der Waals surface area contributed by atoms with Crippen molar-refractivity contribution < 1.29 is 33.7 Å². The van der Waals surface area contributed by atoms with Gasteiger partial charge in [-0.2, -0.15) is 0 Å². The highest BCUT2D eigenvalue weighted by Crippen LogP contribution is 2.46. The second-order valence-corrected chi connectivity index (χ2v) is 8.50. The van der Waals surface area contributed by atoms with Gasteiger partial charge in [-0.25, -0.2) is 4.79 Å². The van der Waals surface area contributed by atoms with E-state index >= 15 is 0 Å². The molecule has 3 rings (SSSR count). The van der Waals surface area contributed by atoms with Crippen LogP contribution in [-0.2, 0) is 14.3 Å². The summed E-state index contributed by atoms with van der Waals surface area (Å²) >= 11 is 0. The molecule has 1 aromatic heterocycles. The average molecular weight is 486 g/mol. The Hall–Kier alpha value is -3.79. The molecule has 0 unspecified atom stereocenters. The lowest BCUT2D eigenvalue weighted by Gasteiger charge is -2.28. The summed E-state index contributed by atoms with van der Waals surface area (Å²) in [6, 6.07) is 4.22. The van der Waals surface area contributed by atoms with Gasteiger partial charge in [0.25, 0.3) is 11.7 Å². The van der Waals surface area contributed by atoms with Crippen molar-refractivity contribution >= 4 is 23.4 Å². The van der Waals surface area contributed by atoms with Gasteiger partial charge in [0.05, 0.1) is 32.9 Å². The van der Waals surface area contributed by atoms with Gasteiger partial charge in [0.2, 0.25) is 0 Å². The van der Waals surface area contributed by atoms with E-state index in [2.05, 4.69) is 4.98 Å². The number of aromatic amines is 1. The number of nitrogens with zero attached hydrogens (tertiary/aromatic N) is 2. The molecule has 10 nitrogen and oxygen atoms in total. The number of Topliss-reactive ketones (excluding diaryl/α,β-unsaturated/α-hetero) is 1. The number of hydrogen-bond acceptors (Lipinski definition) is 8. The number of benzene rings is 1. The number of H-pyrrole nitrogens is 1. The third-order valence-corrected chi connectivity index (χ3v) is 6.12. The number of para-hydroxylation sites is 1. The average Bonchev–Trinajstić information content (AvgIpc) is 3.27. The molecule has 1 aliphatic rings. The van der Waals surface area contributed by atoms with E-state index in [4.69, 9.17) is 14.2 Å². The number of aliphatic hydroxyl groups is 1. The van der Waals surface area contributed by atoms with Gasteiger partial charge in [0.15, 0.2) is 11.5 Å². The van der Waals surface area contributed by atoms with Gasteiger partial charge in [-0.15, -0.1) is 0 Å². The summed E-state index contributed by atoms with van der Waals surface area (Å²) in [6.45, 7) is 4.02. The summed E-state index contributed by atoms with van der Waals surface area (Å²) in [5.41, 5.74) is 1.68. The number of hydrogen-bond donors (Lipinski definition) is 2. The van der Waals surface area contributed by atoms with E-state index in [0.717, 1.165) is 0 Å². The number of amides is 1. The summed E-state index contributed by atoms with van der Waals surface area (Å²) in [5.74, 6) is -1.78. The van der Waals surface area contributed by atoms with Crippen molar-refractivity contribution in [3.8, 4) is 11.5 Å². The molecule has 188 valence electrons. The first-order valence-electron chi connectivity index (χ1n) is 11.0. The summed E-state index contributed by atoms with van der Waals surface area (Å²) in [5, 5.41) is 11.5. The van der Waals surface area contributed by atoms with Crippen molar-refractivity contribution in [3.05, 3.63) is 51.9 Å². The first kappa shape index (κ1) is 25.8. The Balaban J connectivity index is 2.31. The molecule has 1 amide bonds. The van der Waals surface area contributed by atoms with E-state index in [9.17, 15) is 19.5 Å². The van der Waals surface area contributed by atoms with Crippen LogP contribution in [-0.4, -0.2) is 86.1 Å². The number of likely N-dealkylation sites (N-methyl/N-ethyl adjacent to an activating group) is 1. The molecule has 0 bridgehead atoms. The Morgan fingerprint density at radius 2 is 1.83 bits per heavy atom. The lowest BCUT2D eigenvalue weighted by Crippen LogP contribution is -2.35. The number of ether oxygens (including phenoxy) is 3. The number of carbonyl (C=O) groups excluding carboxylic acids is 3. The van der Waals surface area contributed by atoms with Crippen LogP contribution in [0.15, 0.2) is 23.8 Å². The van der Waals surface area contributed by atoms with Gasteiger partial charge in [0, 0.05) is 29.9 Å². The van der Waals surface area contributed by atoms with Gasteiger partial charge in [-0.1, -0.05) is 12.1 Å². The minimum atomic E-state index is -0.935. The molecule has 0 radical (unpaired) electrons. The number of ketones is 1. The van der Waals surface area contributed by atoms with E-state index < -0.39 is 23.7 Å². The second-order valence-electron chi connectivity index (χ2n) is 8.50. The topological polar surface area (TPSA) is 121 Å². The molecular weight excluding hydrogens is 454 g/mol. The van der Waals surface area contributed by atoms with E-state index in [0.29, 0.717) is 34.9 Å². The number of aliphatic hydroxyl groups excluding tert-OH is 1. The Bertz CT molecular complexity index is 1200. The molecule has 1 fully saturated rings. The van der Waals surface area contributed by atoms with Crippen molar-refractivity contribution in [2.75, 3.05) is 48.5 Å². The zero-order chi connectivity index (χ0) is 26.0. The standard InChI is InChI=1S/C25H31N3O7/c1-13-17(14(2)26-19(13)25(32)35-7)21(29)18-20(15-9-8-10-16(33-5)23(15)34-6)28(12-11-27(3)4)24(31)22(18)30/h8-10,20,26,29H,11-12H2,1-7H3/b21-18+/t20-/m0/s1. The Morgan fingerprint density at radius 1 is 1.14 bits per heavy atom. The number of likely N-dealkylation sites (tertiary alicyclic amines) is 1. The van der Waals surface area contributed by atoms with Crippen LogP contribution >= 0.6 is 0 Å². The molecule has 35 heavy (non-hydrogen) atoms. The fraction of sp³-hybridized carbons (Fsp3) is 0.400. The zero-order valence-electron chi connectivity index (χ0n) is 21.0. The van der Waals surface area contributed by atoms with E-state index in [1.807, 2.05) is 19.0 Å². The Kier molecular flexibility index (Phi) is 7.54. The van der Waals surface area contributed by atoms with Crippen molar-refractivity contribution in [2.45, 2.75) is 19.9 Å². The van der Waals surface area contributed by atoms with Crippen molar-refractivity contribution in [1.29, 1.82) is 0 Å². The number of aryl methyl sites for hydroxylation is 1. The number of esters is 1. The number of methoxy groups -OCH3 is 3. The Labute approximate surface area is 204 Å². The molecule has 2 heterocycles. The number of aromatic nitrogens is 1. The van der Waals surface area contributed by atoms with Gasteiger partial charge in [-0.05, 0) is 39.6 Å². The highest BCUT2D eigenvalue weighted by molar-refractivity contribution is 6.46. The smallest absolute Gasteiger partial charge is 0.354 e. The monoisotopic (exact) mass is 485 g/mol. The predicted octanol–water partition coefficient (Wildman–Crippen LogP) is 2.42. The maximum atomic E-state index is 13.3. The number of rotatable bonds is 8. The van der Waals surface area contributed by atoms with E-state index in [1.165, 1.54) is 26.2 Å². The summed E-state index contributed by atoms with van der Waals surface area (Å²) in [6.07, 6.45) is 0. The fourth-order valence-electron chi connectivity index (χ4n) is 4.42. The third kappa shape index (κ3) is 4.49. The first-order valence-corrected chi connectivity index (χ1v) is 11.0. The summed E-state index contributed by atoms with van der Waals surface area (Å²) in [4.78, 5) is 44.9. The van der Waals surface area contributed by atoms with E-state index in [1.54, 1.807) is 32.0 Å². The maximum Gasteiger partial charge on any atom is 0.354 e. The largest absolute Gasteiger partial charge is 0.507 e. The van der Waals surface area contributed by atoms with Crippen LogP contribution in [0.3, 0.4) is 0 Å². The quantitative estimate of drug-likeness (QED) is 0.253. The highest BCUT2D eigenvalue weighted by atomic mass is 16.5. The van der Waals surface area contributed by atoms with Gasteiger partial charge in [-0.3, -0.25) is 9.59 Å². The number of carbonyl (C=O) groups is 3. The van der Waals surface area contributed by atoms with Crippen LogP contribution in [0.2, 0.25) is 0 Å².